The van der Waals surface area contributed by atoms with E-state index in [4.69, 9.17) is 21.1 Å². The standard InChI is InChI=1S/C50H64ClN9O6/c1-32(54-28-33-12-19-37(20-13-33)60-31-55-57-58-60)43-25-38(61)29-59(43)45(64)41(48(2,3)4)24-39(62)30-65-23-11-9-10-22-53-36-17-14-34(15-18-36)44(63)56-46-49(5,6)47(50(46,7)8)66-40-21-16-35(27-52)42(51)26-40/h12-21,26,31,38,41,43,46-47,53-54,61H,1,9-11,22-25,28-30H2,2-8H3,(H,56,63)/t38-,41-,43+,46?,47?/m1/s1. The first-order valence-corrected chi connectivity index (χ1v) is 23.0. The Morgan fingerprint density at radius 2 is 1.73 bits per heavy atom. The lowest BCUT2D eigenvalue weighted by Crippen LogP contribution is -2.74. The van der Waals surface area contributed by atoms with Gasteiger partial charge in [-0.05, 0) is 89.2 Å². The maximum atomic E-state index is 14.1. The van der Waals surface area contributed by atoms with Gasteiger partial charge in [0.25, 0.3) is 5.91 Å². The van der Waals surface area contributed by atoms with Crippen LogP contribution in [0.25, 0.3) is 5.69 Å². The molecular weight excluding hydrogens is 858 g/mol. The quantitative estimate of drug-likeness (QED) is 0.0611. The van der Waals surface area contributed by atoms with Crippen LogP contribution < -0.4 is 20.7 Å². The second-order valence-electron chi connectivity index (χ2n) is 19.8. The number of β-amino-alcohol motifs (C(OH)–C–C–N with tert-alkyl or cyclic N) is 1. The van der Waals surface area contributed by atoms with Crippen LogP contribution in [0.5, 0.6) is 5.75 Å². The number of carbonyl (C=O) groups is 3. The number of hydrogen-bond donors (Lipinski definition) is 4. The molecule has 2 heterocycles. The van der Waals surface area contributed by atoms with Crippen molar-refractivity contribution in [2.24, 2.45) is 22.2 Å². The van der Waals surface area contributed by atoms with E-state index in [1.807, 2.05) is 69.3 Å². The van der Waals surface area contributed by atoms with Gasteiger partial charge < -0.3 is 35.4 Å². The lowest BCUT2D eigenvalue weighted by Gasteiger charge is -2.63. The van der Waals surface area contributed by atoms with Gasteiger partial charge in [0.05, 0.1) is 28.4 Å². The van der Waals surface area contributed by atoms with Crippen LogP contribution in [0.2, 0.25) is 5.02 Å². The molecule has 352 valence electrons. The Bertz CT molecular complexity index is 2340. The van der Waals surface area contributed by atoms with E-state index in [9.17, 15) is 24.8 Å². The van der Waals surface area contributed by atoms with Crippen molar-refractivity contribution in [2.45, 2.75) is 111 Å². The maximum absolute atomic E-state index is 14.1. The van der Waals surface area contributed by atoms with Crippen molar-refractivity contribution in [3.8, 4) is 17.5 Å². The second kappa shape index (κ2) is 21.2. The first-order chi connectivity index (χ1) is 31.3. The van der Waals surface area contributed by atoms with Crippen LogP contribution in [0.1, 0.15) is 102 Å². The minimum absolute atomic E-state index is 0.0443. The molecule has 3 aromatic carbocycles. The molecule has 0 bridgehead atoms. The lowest BCUT2D eigenvalue weighted by molar-refractivity contribution is -0.164. The molecule has 1 aliphatic carbocycles. The zero-order chi connectivity index (χ0) is 47.8. The molecule has 2 amide bonds. The number of hydrogen-bond acceptors (Lipinski definition) is 12. The van der Waals surface area contributed by atoms with Crippen molar-refractivity contribution in [3.05, 3.63) is 107 Å². The number of likely N-dealkylation sites (tertiary alicyclic amines) is 1. The summed E-state index contributed by atoms with van der Waals surface area (Å²) in [4.78, 5) is 42.4. The fourth-order valence-corrected chi connectivity index (χ4v) is 9.71. The van der Waals surface area contributed by atoms with Gasteiger partial charge in [-0.15, -0.1) is 5.10 Å². The number of carbonyl (C=O) groups excluding carboxylic acids is 3. The minimum Gasteiger partial charge on any atom is -0.489 e. The second-order valence-corrected chi connectivity index (χ2v) is 20.2. The van der Waals surface area contributed by atoms with E-state index in [0.29, 0.717) is 47.2 Å². The molecule has 1 aromatic heterocycles. The molecule has 15 nitrogen and oxygen atoms in total. The minimum atomic E-state index is -0.693. The summed E-state index contributed by atoms with van der Waals surface area (Å²) in [5.74, 6) is -0.475. The zero-order valence-corrected chi connectivity index (χ0v) is 39.9. The molecular formula is C50H64ClN9O6. The molecule has 3 atom stereocenters. The number of nitrogens with one attached hydrogen (secondary N) is 3. The summed E-state index contributed by atoms with van der Waals surface area (Å²) >= 11 is 6.24. The third kappa shape index (κ3) is 11.9. The molecule has 2 fully saturated rings. The molecule has 66 heavy (non-hydrogen) atoms. The van der Waals surface area contributed by atoms with Gasteiger partial charge in [-0.1, -0.05) is 78.8 Å². The number of aromatic nitrogens is 4. The van der Waals surface area contributed by atoms with E-state index in [-0.39, 0.29) is 60.1 Å². The van der Waals surface area contributed by atoms with Crippen molar-refractivity contribution < 1.29 is 29.0 Å². The van der Waals surface area contributed by atoms with E-state index in [1.165, 1.54) is 6.33 Å². The van der Waals surface area contributed by atoms with Crippen LogP contribution in [-0.2, 0) is 20.9 Å². The van der Waals surface area contributed by atoms with Crippen LogP contribution in [0.3, 0.4) is 0 Å². The predicted molar refractivity (Wildman–Crippen MR) is 253 cm³/mol. The Morgan fingerprint density at radius 3 is 2.36 bits per heavy atom. The van der Waals surface area contributed by atoms with Gasteiger partial charge in [-0.3, -0.25) is 14.4 Å². The SMILES string of the molecule is C=C(NCc1ccc(-n2cnnn2)cc1)[C@@H]1C[C@@H](O)CN1C(=O)[C@@H](CC(=O)COCCCCCNc1ccc(C(=O)NC2C(C)(C)C(Oc3ccc(C#N)c(Cl)c3)C2(C)C)cc1)C(C)(C)C. The summed E-state index contributed by atoms with van der Waals surface area (Å²) in [7, 11) is 0. The predicted octanol–water partition coefficient (Wildman–Crippen LogP) is 7.28. The number of nitrogens with zero attached hydrogens (tertiary/aromatic N) is 6. The van der Waals surface area contributed by atoms with Gasteiger partial charge in [0, 0.05) is 84.9 Å². The number of rotatable bonds is 21. The number of Topliss-reactive ketones (excluding diaryl/α,β-unsaturated/α-hetero) is 1. The number of anilines is 1. The number of amides is 2. The van der Waals surface area contributed by atoms with E-state index in [1.54, 1.807) is 27.8 Å². The van der Waals surface area contributed by atoms with Gasteiger partial charge in [0.2, 0.25) is 5.91 Å². The summed E-state index contributed by atoms with van der Waals surface area (Å²) in [6, 6.07) is 21.7. The van der Waals surface area contributed by atoms with Gasteiger partial charge in [-0.25, -0.2) is 4.68 Å². The van der Waals surface area contributed by atoms with Crippen LogP contribution >= 0.6 is 11.6 Å². The van der Waals surface area contributed by atoms with E-state index in [0.717, 1.165) is 42.7 Å². The number of benzene rings is 3. The van der Waals surface area contributed by atoms with Gasteiger partial charge in [-0.2, -0.15) is 5.26 Å². The average molecular weight is 923 g/mol. The van der Waals surface area contributed by atoms with Crippen molar-refractivity contribution in [2.75, 3.05) is 31.6 Å². The summed E-state index contributed by atoms with van der Waals surface area (Å²) in [6.07, 6.45) is 3.61. The lowest BCUT2D eigenvalue weighted by atomic mass is 9.49. The van der Waals surface area contributed by atoms with Gasteiger partial charge >= 0.3 is 0 Å². The van der Waals surface area contributed by atoms with Gasteiger partial charge in [0.1, 0.15) is 30.9 Å². The highest BCUT2D eigenvalue weighted by molar-refractivity contribution is 6.31. The van der Waals surface area contributed by atoms with Crippen LogP contribution in [0, 0.1) is 33.5 Å². The number of tetrazole rings is 1. The maximum Gasteiger partial charge on any atom is 0.251 e. The molecule has 0 unspecified atom stereocenters. The third-order valence-corrected chi connectivity index (χ3v) is 13.3. The number of unbranched alkanes of at least 4 members (excludes halogenated alkanes) is 2. The summed E-state index contributed by atoms with van der Waals surface area (Å²) in [6.45, 7) is 20.2. The number of aliphatic hydroxyl groups is 1. The van der Waals surface area contributed by atoms with Crippen LogP contribution in [0.15, 0.2) is 85.3 Å². The zero-order valence-electron chi connectivity index (χ0n) is 39.1. The fraction of sp³-hybridized carbons (Fsp3) is 0.500. The highest BCUT2D eigenvalue weighted by Gasteiger charge is 2.64. The summed E-state index contributed by atoms with van der Waals surface area (Å²) < 4.78 is 13.7. The third-order valence-electron chi connectivity index (χ3n) is 12.9. The first kappa shape index (κ1) is 49.6. The van der Waals surface area contributed by atoms with Crippen LogP contribution in [0.4, 0.5) is 5.69 Å². The Balaban J connectivity index is 0.875. The van der Waals surface area contributed by atoms with Crippen LogP contribution in [-0.4, -0.2) is 98.4 Å². The Hall–Kier alpha value is -5.82. The van der Waals surface area contributed by atoms with E-state index < -0.39 is 23.5 Å². The van der Waals surface area contributed by atoms with Crippen molar-refractivity contribution in [3.63, 3.8) is 0 Å². The Kier molecular flexibility index (Phi) is 15.9. The molecule has 16 heteroatoms. The van der Waals surface area contributed by atoms with E-state index in [2.05, 4.69) is 71.8 Å². The molecule has 4 aromatic rings. The molecule has 0 radical (unpaired) electrons. The molecule has 2 aliphatic rings. The molecule has 1 saturated heterocycles. The highest BCUT2D eigenvalue weighted by atomic mass is 35.5. The number of halogens is 1. The first-order valence-electron chi connectivity index (χ1n) is 22.6. The smallest absolute Gasteiger partial charge is 0.251 e. The number of aliphatic hydroxyl groups excluding tert-OH is 1. The summed E-state index contributed by atoms with van der Waals surface area (Å²) in [5, 5.41) is 41.5. The monoisotopic (exact) mass is 921 g/mol. The van der Waals surface area contributed by atoms with Crippen molar-refractivity contribution in [1.29, 1.82) is 5.26 Å². The molecule has 1 saturated carbocycles. The van der Waals surface area contributed by atoms with E-state index >= 15 is 0 Å². The van der Waals surface area contributed by atoms with Crippen molar-refractivity contribution in [1.82, 2.24) is 35.7 Å². The summed E-state index contributed by atoms with van der Waals surface area (Å²) in [5.41, 5.74) is 3.09. The normalized spacial score (nSPS) is 20.1. The van der Waals surface area contributed by atoms with Crippen molar-refractivity contribution >= 4 is 34.9 Å². The topological polar surface area (TPSA) is 197 Å². The molecule has 1 aliphatic heterocycles. The van der Waals surface area contributed by atoms with Gasteiger partial charge in [0.15, 0.2) is 5.78 Å². The number of ketones is 1. The number of nitriles is 1. The average Bonchev–Trinajstić information content (AvgIpc) is 3.97. The molecule has 0 spiro atoms. The Labute approximate surface area is 393 Å². The highest BCUT2D eigenvalue weighted by Crippen LogP contribution is 2.55. The molecule has 4 N–H and O–H groups in total. The molecule has 6 rings (SSSR count). The fourth-order valence-electron chi connectivity index (χ4n) is 9.49. The largest absolute Gasteiger partial charge is 0.489 e. The Morgan fingerprint density at radius 1 is 1.02 bits per heavy atom. The number of ether oxygens (including phenoxy) is 2.